The summed E-state index contributed by atoms with van der Waals surface area (Å²) in [6.45, 7) is -0.681. The number of aromatic nitrogens is 1. The number of fused-ring (bicyclic) bond motifs is 1. The molecule has 0 spiro atoms. The van der Waals surface area contributed by atoms with Crippen LogP contribution in [-0.4, -0.2) is 39.8 Å². The van der Waals surface area contributed by atoms with Crippen molar-refractivity contribution in [2.45, 2.75) is 6.04 Å². The molecule has 1 heterocycles. The van der Waals surface area contributed by atoms with Crippen molar-refractivity contribution in [3.63, 3.8) is 0 Å². The zero-order valence-corrected chi connectivity index (χ0v) is 10.4. The molecule has 2 amide bonds. The van der Waals surface area contributed by atoms with Gasteiger partial charge in [0.2, 0.25) is 0 Å². The Morgan fingerprint density at radius 3 is 2.75 bits per heavy atom. The van der Waals surface area contributed by atoms with Gasteiger partial charge in [-0.25, -0.2) is 9.59 Å². The van der Waals surface area contributed by atoms with E-state index in [1.54, 1.807) is 36.5 Å². The monoisotopic (exact) mass is 275 g/mol. The van der Waals surface area contributed by atoms with Gasteiger partial charge in [0.1, 0.15) is 0 Å². The summed E-state index contributed by atoms with van der Waals surface area (Å²) in [6.07, 6.45) is 1.64. The van der Waals surface area contributed by atoms with Gasteiger partial charge in [-0.1, -0.05) is 6.07 Å². The Kier molecular flexibility index (Phi) is 4.11. The third-order valence-electron chi connectivity index (χ3n) is 2.68. The van der Waals surface area contributed by atoms with Gasteiger partial charge in [0.25, 0.3) is 0 Å². The van der Waals surface area contributed by atoms with Crippen molar-refractivity contribution in [3.05, 3.63) is 36.5 Å². The SMILES string of the molecule is O=C(Nc1cccc2ncccc12)NC(CO)C(=O)O. The Bertz CT molecular complexity index is 639. The van der Waals surface area contributed by atoms with Gasteiger partial charge in [0.05, 0.1) is 17.8 Å². The van der Waals surface area contributed by atoms with E-state index in [0.29, 0.717) is 11.2 Å². The molecule has 0 saturated carbocycles. The van der Waals surface area contributed by atoms with E-state index in [2.05, 4.69) is 15.6 Å². The minimum Gasteiger partial charge on any atom is -0.480 e. The van der Waals surface area contributed by atoms with Gasteiger partial charge in [0, 0.05) is 11.6 Å². The fourth-order valence-corrected chi connectivity index (χ4v) is 1.71. The Labute approximate surface area is 114 Å². The number of aliphatic hydroxyl groups excluding tert-OH is 1. The number of hydrogen-bond donors (Lipinski definition) is 4. The molecule has 1 aromatic heterocycles. The molecule has 1 unspecified atom stereocenters. The summed E-state index contributed by atoms with van der Waals surface area (Å²) in [4.78, 5) is 26.6. The molecule has 0 aliphatic carbocycles. The summed E-state index contributed by atoms with van der Waals surface area (Å²) >= 11 is 0. The summed E-state index contributed by atoms with van der Waals surface area (Å²) in [7, 11) is 0. The first kappa shape index (κ1) is 13.8. The van der Waals surface area contributed by atoms with Crippen LogP contribution in [0, 0.1) is 0 Å². The predicted molar refractivity (Wildman–Crippen MR) is 72.4 cm³/mol. The highest BCUT2D eigenvalue weighted by atomic mass is 16.4. The number of pyridine rings is 1. The van der Waals surface area contributed by atoms with E-state index < -0.39 is 24.6 Å². The molecule has 1 aromatic carbocycles. The van der Waals surface area contributed by atoms with E-state index in [-0.39, 0.29) is 0 Å². The quantitative estimate of drug-likeness (QED) is 0.659. The third kappa shape index (κ3) is 3.01. The summed E-state index contributed by atoms with van der Waals surface area (Å²) in [5, 5.41) is 23.0. The van der Waals surface area contributed by atoms with E-state index in [0.717, 1.165) is 5.39 Å². The number of anilines is 1. The second kappa shape index (κ2) is 5.98. The third-order valence-corrected chi connectivity index (χ3v) is 2.68. The number of nitrogens with one attached hydrogen (secondary N) is 2. The van der Waals surface area contributed by atoms with Crippen LogP contribution in [0.25, 0.3) is 10.9 Å². The topological polar surface area (TPSA) is 112 Å². The molecule has 2 rings (SSSR count). The van der Waals surface area contributed by atoms with Gasteiger partial charge >= 0.3 is 12.0 Å². The maximum Gasteiger partial charge on any atom is 0.328 e. The van der Waals surface area contributed by atoms with Crippen molar-refractivity contribution in [2.24, 2.45) is 0 Å². The lowest BCUT2D eigenvalue weighted by atomic mass is 10.2. The smallest absolute Gasteiger partial charge is 0.328 e. The van der Waals surface area contributed by atoms with Crippen LogP contribution in [0.1, 0.15) is 0 Å². The van der Waals surface area contributed by atoms with Gasteiger partial charge in [-0.15, -0.1) is 0 Å². The molecule has 0 aliphatic rings. The van der Waals surface area contributed by atoms with Gasteiger partial charge in [-0.2, -0.15) is 0 Å². The summed E-state index contributed by atoms with van der Waals surface area (Å²) < 4.78 is 0. The molecule has 0 bridgehead atoms. The Balaban J connectivity index is 2.16. The molecule has 0 aliphatic heterocycles. The molecule has 20 heavy (non-hydrogen) atoms. The number of aliphatic hydroxyl groups is 1. The fraction of sp³-hybridized carbons (Fsp3) is 0.154. The molecular weight excluding hydrogens is 262 g/mol. The van der Waals surface area contributed by atoms with Gasteiger partial charge in [-0.3, -0.25) is 4.98 Å². The molecule has 0 fully saturated rings. The Morgan fingerprint density at radius 1 is 1.25 bits per heavy atom. The molecule has 104 valence electrons. The van der Waals surface area contributed by atoms with Crippen molar-refractivity contribution < 1.29 is 19.8 Å². The van der Waals surface area contributed by atoms with Crippen LogP contribution in [0.3, 0.4) is 0 Å². The highest BCUT2D eigenvalue weighted by molar-refractivity contribution is 6.01. The molecule has 4 N–H and O–H groups in total. The first-order valence-corrected chi connectivity index (χ1v) is 5.86. The van der Waals surface area contributed by atoms with Crippen LogP contribution >= 0.6 is 0 Å². The number of amides is 2. The molecule has 2 aromatic rings. The van der Waals surface area contributed by atoms with Crippen LogP contribution < -0.4 is 10.6 Å². The number of carbonyl (C=O) groups excluding carboxylic acids is 1. The number of urea groups is 1. The second-order valence-corrected chi connectivity index (χ2v) is 4.05. The zero-order valence-electron chi connectivity index (χ0n) is 10.4. The van der Waals surface area contributed by atoms with Gasteiger partial charge in [-0.05, 0) is 24.3 Å². The number of carboxylic acid groups (broad SMARTS) is 1. The van der Waals surface area contributed by atoms with E-state index in [4.69, 9.17) is 10.2 Å². The summed E-state index contributed by atoms with van der Waals surface area (Å²) in [5.74, 6) is -1.30. The minimum absolute atomic E-state index is 0.509. The van der Waals surface area contributed by atoms with Gasteiger partial charge in [0.15, 0.2) is 6.04 Å². The van der Waals surface area contributed by atoms with E-state index >= 15 is 0 Å². The van der Waals surface area contributed by atoms with E-state index in [1.165, 1.54) is 0 Å². The average molecular weight is 275 g/mol. The first-order chi connectivity index (χ1) is 9.61. The van der Waals surface area contributed by atoms with E-state index in [9.17, 15) is 9.59 Å². The number of rotatable bonds is 4. The highest BCUT2D eigenvalue weighted by Crippen LogP contribution is 2.20. The van der Waals surface area contributed by atoms with Crippen LogP contribution in [0.5, 0.6) is 0 Å². The van der Waals surface area contributed by atoms with Crippen molar-refractivity contribution in [1.29, 1.82) is 0 Å². The van der Waals surface area contributed by atoms with E-state index in [1.807, 2.05) is 0 Å². The van der Waals surface area contributed by atoms with Crippen molar-refractivity contribution in [2.75, 3.05) is 11.9 Å². The molecule has 1 atom stereocenters. The molecular formula is C13H13N3O4. The Morgan fingerprint density at radius 2 is 2.05 bits per heavy atom. The van der Waals surface area contributed by atoms with Crippen LogP contribution in [-0.2, 0) is 4.79 Å². The lowest BCUT2D eigenvalue weighted by Gasteiger charge is -2.13. The number of carbonyl (C=O) groups is 2. The van der Waals surface area contributed by atoms with Crippen molar-refractivity contribution >= 4 is 28.6 Å². The van der Waals surface area contributed by atoms with Crippen LogP contribution in [0.4, 0.5) is 10.5 Å². The van der Waals surface area contributed by atoms with Crippen LogP contribution in [0.2, 0.25) is 0 Å². The number of hydrogen-bond acceptors (Lipinski definition) is 4. The lowest BCUT2D eigenvalue weighted by Crippen LogP contribution is -2.45. The first-order valence-electron chi connectivity index (χ1n) is 5.86. The van der Waals surface area contributed by atoms with Crippen molar-refractivity contribution in [3.8, 4) is 0 Å². The minimum atomic E-state index is -1.34. The maximum atomic E-state index is 11.7. The zero-order chi connectivity index (χ0) is 14.5. The molecule has 7 nitrogen and oxygen atoms in total. The number of aliphatic carboxylic acids is 1. The number of benzene rings is 1. The lowest BCUT2D eigenvalue weighted by molar-refractivity contribution is -0.140. The molecule has 0 radical (unpaired) electrons. The normalized spacial score (nSPS) is 11.8. The summed E-state index contributed by atoms with van der Waals surface area (Å²) in [5.41, 5.74) is 1.22. The van der Waals surface area contributed by atoms with Crippen LogP contribution in [0.15, 0.2) is 36.5 Å². The van der Waals surface area contributed by atoms with Crippen molar-refractivity contribution in [1.82, 2.24) is 10.3 Å². The predicted octanol–water partition coefficient (Wildman–Crippen LogP) is 0.802. The number of nitrogens with zero attached hydrogens (tertiary/aromatic N) is 1. The highest BCUT2D eigenvalue weighted by Gasteiger charge is 2.18. The number of carboxylic acids is 1. The fourth-order valence-electron chi connectivity index (χ4n) is 1.71. The van der Waals surface area contributed by atoms with Gasteiger partial charge < -0.3 is 20.8 Å². The second-order valence-electron chi connectivity index (χ2n) is 4.05. The molecule has 7 heteroatoms. The Hall–Kier alpha value is -2.67. The standard InChI is InChI=1S/C13H13N3O4/c17-7-11(12(18)19)16-13(20)15-10-5-1-4-9-8(10)3-2-6-14-9/h1-6,11,17H,7H2,(H,18,19)(H2,15,16,20). The maximum absolute atomic E-state index is 11.7. The average Bonchev–Trinajstić information content (AvgIpc) is 2.45. The molecule has 0 saturated heterocycles. The largest absolute Gasteiger partial charge is 0.480 e. The summed E-state index contributed by atoms with van der Waals surface area (Å²) in [6, 6.07) is 6.68.